The summed E-state index contributed by atoms with van der Waals surface area (Å²) in [6, 6.07) is 9.38. The van der Waals surface area contributed by atoms with Crippen LogP contribution in [0.3, 0.4) is 0 Å². The number of rotatable bonds is 6. The molecular weight excluding hydrogens is 304 g/mol. The SMILES string of the molecule is Cc1ccc(NS(=O)(=O)c2csc(CNC(C)C)c2)cc1. The first-order valence-corrected chi connectivity index (χ1v) is 9.13. The zero-order chi connectivity index (χ0) is 15.5. The van der Waals surface area contributed by atoms with Gasteiger partial charge in [-0.3, -0.25) is 4.72 Å². The quantitative estimate of drug-likeness (QED) is 0.856. The Morgan fingerprint density at radius 3 is 2.48 bits per heavy atom. The fraction of sp³-hybridized carbons (Fsp3) is 0.333. The molecule has 0 saturated heterocycles. The average Bonchev–Trinajstić information content (AvgIpc) is 2.88. The maximum Gasteiger partial charge on any atom is 0.262 e. The summed E-state index contributed by atoms with van der Waals surface area (Å²) in [5.74, 6) is 0. The van der Waals surface area contributed by atoms with Crippen molar-refractivity contribution in [3.63, 3.8) is 0 Å². The minimum Gasteiger partial charge on any atom is -0.310 e. The molecule has 0 amide bonds. The van der Waals surface area contributed by atoms with Crippen molar-refractivity contribution < 1.29 is 8.42 Å². The van der Waals surface area contributed by atoms with E-state index in [1.54, 1.807) is 23.6 Å². The number of benzene rings is 1. The highest BCUT2D eigenvalue weighted by Crippen LogP contribution is 2.22. The van der Waals surface area contributed by atoms with Crippen molar-refractivity contribution >= 4 is 27.0 Å². The standard InChI is InChI=1S/C15H20N2O2S2/c1-11(2)16-9-14-8-15(10-20-14)21(18,19)17-13-6-4-12(3)5-7-13/h4-8,10-11,16-17H,9H2,1-3H3. The van der Waals surface area contributed by atoms with Crippen molar-refractivity contribution in [3.05, 3.63) is 46.2 Å². The van der Waals surface area contributed by atoms with Crippen molar-refractivity contribution in [1.82, 2.24) is 5.32 Å². The molecule has 4 nitrogen and oxygen atoms in total. The monoisotopic (exact) mass is 324 g/mol. The van der Waals surface area contributed by atoms with Gasteiger partial charge in [0.15, 0.2) is 0 Å². The fourth-order valence-electron chi connectivity index (χ4n) is 1.73. The van der Waals surface area contributed by atoms with Crippen molar-refractivity contribution in [2.24, 2.45) is 0 Å². The van der Waals surface area contributed by atoms with Crippen LogP contribution in [0.1, 0.15) is 24.3 Å². The number of thiophene rings is 1. The van der Waals surface area contributed by atoms with Gasteiger partial charge >= 0.3 is 0 Å². The first-order chi connectivity index (χ1) is 9.87. The van der Waals surface area contributed by atoms with Gasteiger partial charge in [0.25, 0.3) is 10.0 Å². The van der Waals surface area contributed by atoms with Gasteiger partial charge in [-0.15, -0.1) is 11.3 Å². The Labute approximate surface area is 130 Å². The first-order valence-electron chi connectivity index (χ1n) is 6.77. The van der Waals surface area contributed by atoms with E-state index in [9.17, 15) is 8.42 Å². The normalized spacial score (nSPS) is 11.8. The molecule has 6 heteroatoms. The molecule has 0 saturated carbocycles. The lowest BCUT2D eigenvalue weighted by Crippen LogP contribution is -2.21. The van der Waals surface area contributed by atoms with Gasteiger partial charge in [0.05, 0.1) is 4.90 Å². The smallest absolute Gasteiger partial charge is 0.262 e. The second-order valence-corrected chi connectivity index (χ2v) is 7.93. The van der Waals surface area contributed by atoms with E-state index in [1.807, 2.05) is 19.1 Å². The maximum absolute atomic E-state index is 12.3. The maximum atomic E-state index is 12.3. The van der Waals surface area contributed by atoms with Crippen LogP contribution in [0.5, 0.6) is 0 Å². The summed E-state index contributed by atoms with van der Waals surface area (Å²) in [5, 5.41) is 4.95. The Balaban J connectivity index is 2.10. The van der Waals surface area contributed by atoms with Crippen LogP contribution in [0.4, 0.5) is 5.69 Å². The summed E-state index contributed by atoms with van der Waals surface area (Å²) in [6.07, 6.45) is 0. The summed E-state index contributed by atoms with van der Waals surface area (Å²) in [5.41, 5.74) is 1.67. The lowest BCUT2D eigenvalue weighted by Gasteiger charge is -2.07. The lowest BCUT2D eigenvalue weighted by molar-refractivity contribution is 0.592. The molecule has 0 bridgehead atoms. The van der Waals surface area contributed by atoms with Gasteiger partial charge in [0, 0.05) is 28.5 Å². The van der Waals surface area contributed by atoms with Gasteiger partial charge in [0.1, 0.15) is 0 Å². The number of hydrogen-bond donors (Lipinski definition) is 2. The molecule has 0 radical (unpaired) electrons. The molecule has 2 rings (SSSR count). The third-order valence-corrected chi connectivity index (χ3v) is 5.37. The summed E-state index contributed by atoms with van der Waals surface area (Å²) < 4.78 is 27.2. The predicted octanol–water partition coefficient (Wildman–Crippen LogP) is 3.36. The molecule has 114 valence electrons. The summed E-state index contributed by atoms with van der Waals surface area (Å²) in [7, 11) is -3.51. The first kappa shape index (κ1) is 16.0. The van der Waals surface area contributed by atoms with Gasteiger partial charge in [0.2, 0.25) is 0 Å². The molecule has 2 N–H and O–H groups in total. The van der Waals surface area contributed by atoms with Crippen LogP contribution in [0.2, 0.25) is 0 Å². The van der Waals surface area contributed by atoms with Crippen molar-refractivity contribution in [2.45, 2.75) is 38.3 Å². The molecule has 0 aliphatic carbocycles. The van der Waals surface area contributed by atoms with E-state index < -0.39 is 10.0 Å². The van der Waals surface area contributed by atoms with E-state index >= 15 is 0 Å². The second-order valence-electron chi connectivity index (χ2n) is 5.26. The molecule has 1 aromatic heterocycles. The number of sulfonamides is 1. The summed E-state index contributed by atoms with van der Waals surface area (Å²) in [6.45, 7) is 6.77. The molecule has 0 aliphatic heterocycles. The van der Waals surface area contributed by atoms with Crippen molar-refractivity contribution in [1.29, 1.82) is 0 Å². The van der Waals surface area contributed by atoms with Gasteiger partial charge in [-0.25, -0.2) is 8.42 Å². The van der Waals surface area contributed by atoms with Gasteiger partial charge < -0.3 is 5.32 Å². The molecule has 0 spiro atoms. The van der Waals surface area contributed by atoms with Crippen LogP contribution < -0.4 is 10.0 Å². The van der Waals surface area contributed by atoms with Gasteiger partial charge in [-0.2, -0.15) is 0 Å². The number of nitrogens with one attached hydrogen (secondary N) is 2. The highest BCUT2D eigenvalue weighted by molar-refractivity contribution is 7.92. The zero-order valence-electron chi connectivity index (χ0n) is 12.4. The van der Waals surface area contributed by atoms with Crippen LogP contribution in [-0.2, 0) is 16.6 Å². The third-order valence-electron chi connectivity index (χ3n) is 2.93. The number of aryl methyl sites for hydroxylation is 1. The summed E-state index contributed by atoms with van der Waals surface area (Å²) in [4.78, 5) is 1.32. The van der Waals surface area contributed by atoms with Crippen LogP contribution in [0, 0.1) is 6.92 Å². The molecule has 2 aromatic rings. The van der Waals surface area contributed by atoms with Crippen LogP contribution in [0.15, 0.2) is 40.6 Å². The highest BCUT2D eigenvalue weighted by atomic mass is 32.2. The van der Waals surface area contributed by atoms with Crippen molar-refractivity contribution in [2.75, 3.05) is 4.72 Å². The Morgan fingerprint density at radius 1 is 1.19 bits per heavy atom. The molecule has 21 heavy (non-hydrogen) atoms. The Kier molecular flexibility index (Phi) is 5.03. The largest absolute Gasteiger partial charge is 0.310 e. The molecule has 0 atom stereocenters. The Bertz CT molecular complexity index is 689. The van der Waals surface area contributed by atoms with Crippen LogP contribution in [-0.4, -0.2) is 14.5 Å². The molecule has 1 heterocycles. The Hall–Kier alpha value is -1.37. The van der Waals surface area contributed by atoms with Crippen molar-refractivity contribution in [3.8, 4) is 0 Å². The topological polar surface area (TPSA) is 58.2 Å². The zero-order valence-corrected chi connectivity index (χ0v) is 14.0. The van der Waals surface area contributed by atoms with E-state index in [-0.39, 0.29) is 0 Å². The van der Waals surface area contributed by atoms with E-state index in [0.29, 0.717) is 23.2 Å². The third kappa shape index (κ3) is 4.56. The van der Waals surface area contributed by atoms with E-state index in [0.717, 1.165) is 10.4 Å². The number of hydrogen-bond acceptors (Lipinski definition) is 4. The second kappa shape index (κ2) is 6.60. The summed E-state index contributed by atoms with van der Waals surface area (Å²) >= 11 is 1.45. The lowest BCUT2D eigenvalue weighted by atomic mass is 10.2. The minimum absolute atomic E-state index is 0.314. The van der Waals surface area contributed by atoms with Crippen LogP contribution in [0.25, 0.3) is 0 Å². The number of anilines is 1. The molecule has 0 fully saturated rings. The fourth-order valence-corrected chi connectivity index (χ4v) is 4.02. The van der Waals surface area contributed by atoms with Gasteiger partial charge in [-0.1, -0.05) is 31.5 Å². The predicted molar refractivity (Wildman–Crippen MR) is 88.3 cm³/mol. The van der Waals surface area contributed by atoms with E-state index in [4.69, 9.17) is 0 Å². The van der Waals surface area contributed by atoms with Gasteiger partial charge in [-0.05, 0) is 25.1 Å². The molecular formula is C15H20N2O2S2. The molecule has 0 unspecified atom stereocenters. The molecule has 1 aromatic carbocycles. The average molecular weight is 324 g/mol. The van der Waals surface area contributed by atoms with Crippen LogP contribution >= 0.6 is 11.3 Å². The highest BCUT2D eigenvalue weighted by Gasteiger charge is 2.16. The molecule has 0 aliphatic rings. The van der Waals surface area contributed by atoms with E-state index in [2.05, 4.69) is 23.9 Å². The minimum atomic E-state index is -3.51. The Morgan fingerprint density at radius 2 is 1.86 bits per heavy atom. The van der Waals surface area contributed by atoms with E-state index in [1.165, 1.54) is 11.3 Å².